The number of hydroxylamine groups is 1. The Bertz CT molecular complexity index is 132. The van der Waals surface area contributed by atoms with E-state index in [0.29, 0.717) is 6.42 Å². The van der Waals surface area contributed by atoms with Crippen LogP contribution in [0.4, 0.5) is 0 Å². The second kappa shape index (κ2) is 4.31. The Morgan fingerprint density at radius 3 is 3.18 bits per heavy atom. The number of carbonyl (C=O) groups excluding carboxylic acids is 1. The summed E-state index contributed by atoms with van der Waals surface area (Å²) >= 11 is 0. The van der Waals surface area contributed by atoms with Crippen LogP contribution >= 0.6 is 0 Å². The van der Waals surface area contributed by atoms with Crippen molar-refractivity contribution in [2.75, 3.05) is 13.7 Å². The van der Waals surface area contributed by atoms with Gasteiger partial charge in [0, 0.05) is 6.61 Å². The predicted molar refractivity (Wildman–Crippen MR) is 38.7 cm³/mol. The summed E-state index contributed by atoms with van der Waals surface area (Å²) in [5.41, 5.74) is 2.25. The molecule has 1 atom stereocenters. The van der Waals surface area contributed by atoms with Gasteiger partial charge in [-0.15, -0.1) is 0 Å². The number of carbonyl (C=O) groups is 1. The number of ether oxygens (including phenoxy) is 1. The number of hydrogen-bond donors (Lipinski definition) is 1. The average molecular weight is 159 g/mol. The molecule has 64 valence electrons. The number of amides is 1. The van der Waals surface area contributed by atoms with Gasteiger partial charge < -0.3 is 4.74 Å². The van der Waals surface area contributed by atoms with Gasteiger partial charge in [0.05, 0.1) is 19.6 Å². The van der Waals surface area contributed by atoms with Crippen molar-refractivity contribution in [1.82, 2.24) is 5.48 Å². The second-order valence-corrected chi connectivity index (χ2v) is 2.57. The first-order chi connectivity index (χ1) is 5.33. The fourth-order valence-corrected chi connectivity index (χ4v) is 1.17. The summed E-state index contributed by atoms with van der Waals surface area (Å²) in [4.78, 5) is 15.3. The van der Waals surface area contributed by atoms with Gasteiger partial charge in [0.1, 0.15) is 0 Å². The van der Waals surface area contributed by atoms with Crippen LogP contribution in [0.15, 0.2) is 0 Å². The normalized spacial score (nSPS) is 23.5. The Hall–Kier alpha value is -0.610. The largest absolute Gasteiger partial charge is 0.378 e. The molecule has 4 nitrogen and oxygen atoms in total. The number of rotatable bonds is 3. The van der Waals surface area contributed by atoms with E-state index >= 15 is 0 Å². The van der Waals surface area contributed by atoms with E-state index in [2.05, 4.69) is 10.3 Å². The van der Waals surface area contributed by atoms with Gasteiger partial charge in [0.15, 0.2) is 0 Å². The molecular formula is C7H13NO3. The maximum Gasteiger partial charge on any atom is 0.246 e. The summed E-state index contributed by atoms with van der Waals surface area (Å²) in [5.74, 6) is -0.112. The molecule has 1 N–H and O–H groups in total. The zero-order chi connectivity index (χ0) is 8.10. The van der Waals surface area contributed by atoms with E-state index in [1.54, 1.807) is 0 Å². The fourth-order valence-electron chi connectivity index (χ4n) is 1.17. The number of hydrogen-bond acceptors (Lipinski definition) is 3. The Labute approximate surface area is 65.8 Å². The third-order valence-electron chi connectivity index (χ3n) is 1.65. The van der Waals surface area contributed by atoms with E-state index in [4.69, 9.17) is 4.74 Å². The SMILES string of the molecule is CONC(=O)CC1CCCO1. The molecule has 0 aromatic heterocycles. The zero-order valence-electron chi connectivity index (χ0n) is 6.63. The lowest BCUT2D eigenvalue weighted by atomic mass is 10.2. The summed E-state index contributed by atoms with van der Waals surface area (Å²) in [7, 11) is 1.42. The van der Waals surface area contributed by atoms with Gasteiger partial charge >= 0.3 is 0 Å². The molecular weight excluding hydrogens is 146 g/mol. The first kappa shape index (κ1) is 8.49. The van der Waals surface area contributed by atoms with Gasteiger partial charge in [-0.1, -0.05) is 0 Å². The summed E-state index contributed by atoms with van der Waals surface area (Å²) in [6.45, 7) is 0.783. The topological polar surface area (TPSA) is 47.6 Å². The Kier molecular flexibility index (Phi) is 3.32. The lowest BCUT2D eigenvalue weighted by molar-refractivity contribution is -0.133. The highest BCUT2D eigenvalue weighted by Crippen LogP contribution is 2.14. The minimum absolute atomic E-state index is 0.102. The van der Waals surface area contributed by atoms with Crippen molar-refractivity contribution in [3.05, 3.63) is 0 Å². The lowest BCUT2D eigenvalue weighted by Crippen LogP contribution is -2.26. The fraction of sp³-hybridized carbons (Fsp3) is 0.857. The van der Waals surface area contributed by atoms with Gasteiger partial charge in [-0.2, -0.15) is 0 Å². The highest BCUT2D eigenvalue weighted by atomic mass is 16.6. The van der Waals surface area contributed by atoms with Crippen LogP contribution in [0.5, 0.6) is 0 Å². The monoisotopic (exact) mass is 159 g/mol. The summed E-state index contributed by atoms with van der Waals surface area (Å²) < 4.78 is 5.25. The molecule has 1 rings (SSSR count). The molecule has 1 amide bonds. The van der Waals surface area contributed by atoms with Gasteiger partial charge in [-0.25, -0.2) is 5.48 Å². The van der Waals surface area contributed by atoms with E-state index in [1.807, 2.05) is 0 Å². The molecule has 1 saturated heterocycles. The molecule has 11 heavy (non-hydrogen) atoms. The van der Waals surface area contributed by atoms with E-state index in [1.165, 1.54) is 7.11 Å². The van der Waals surface area contributed by atoms with Crippen LogP contribution in [-0.2, 0) is 14.4 Å². The molecule has 1 aliphatic rings. The van der Waals surface area contributed by atoms with Crippen LogP contribution < -0.4 is 5.48 Å². The van der Waals surface area contributed by atoms with Crippen LogP contribution in [-0.4, -0.2) is 25.7 Å². The van der Waals surface area contributed by atoms with Crippen LogP contribution in [0, 0.1) is 0 Å². The van der Waals surface area contributed by atoms with E-state index in [9.17, 15) is 4.79 Å². The minimum atomic E-state index is -0.112. The van der Waals surface area contributed by atoms with Crippen molar-refractivity contribution in [3.8, 4) is 0 Å². The van der Waals surface area contributed by atoms with Crippen molar-refractivity contribution >= 4 is 5.91 Å². The molecule has 0 aliphatic carbocycles. The average Bonchev–Trinajstić information content (AvgIpc) is 2.40. The van der Waals surface area contributed by atoms with Crippen molar-refractivity contribution < 1.29 is 14.4 Å². The maximum atomic E-state index is 10.9. The number of nitrogens with one attached hydrogen (secondary N) is 1. The third kappa shape index (κ3) is 2.86. The third-order valence-corrected chi connectivity index (χ3v) is 1.65. The van der Waals surface area contributed by atoms with Gasteiger partial charge in [-0.3, -0.25) is 9.63 Å². The molecule has 0 aromatic rings. The highest BCUT2D eigenvalue weighted by Gasteiger charge is 2.18. The van der Waals surface area contributed by atoms with E-state index in [-0.39, 0.29) is 12.0 Å². The van der Waals surface area contributed by atoms with Crippen molar-refractivity contribution in [3.63, 3.8) is 0 Å². The Balaban J connectivity index is 2.13. The van der Waals surface area contributed by atoms with Crippen LogP contribution in [0.2, 0.25) is 0 Å². The van der Waals surface area contributed by atoms with Crippen LogP contribution in [0.1, 0.15) is 19.3 Å². The second-order valence-electron chi connectivity index (χ2n) is 2.57. The maximum absolute atomic E-state index is 10.9. The first-order valence-electron chi connectivity index (χ1n) is 3.76. The molecule has 0 radical (unpaired) electrons. The summed E-state index contributed by atoms with van der Waals surface area (Å²) in [6, 6.07) is 0. The Morgan fingerprint density at radius 2 is 2.64 bits per heavy atom. The quantitative estimate of drug-likeness (QED) is 0.600. The van der Waals surface area contributed by atoms with Crippen LogP contribution in [0.25, 0.3) is 0 Å². The minimum Gasteiger partial charge on any atom is -0.378 e. The molecule has 1 heterocycles. The Morgan fingerprint density at radius 1 is 1.82 bits per heavy atom. The zero-order valence-corrected chi connectivity index (χ0v) is 6.63. The van der Waals surface area contributed by atoms with Crippen molar-refractivity contribution in [2.45, 2.75) is 25.4 Å². The molecule has 1 unspecified atom stereocenters. The van der Waals surface area contributed by atoms with Gasteiger partial charge in [0.2, 0.25) is 5.91 Å². The molecule has 0 saturated carbocycles. The summed E-state index contributed by atoms with van der Waals surface area (Å²) in [5, 5.41) is 0. The molecule has 1 fully saturated rings. The molecule has 4 heteroatoms. The molecule has 0 spiro atoms. The van der Waals surface area contributed by atoms with Gasteiger partial charge in [0.25, 0.3) is 0 Å². The molecule has 0 aromatic carbocycles. The van der Waals surface area contributed by atoms with Crippen molar-refractivity contribution in [1.29, 1.82) is 0 Å². The molecule has 1 aliphatic heterocycles. The molecule has 0 bridgehead atoms. The summed E-state index contributed by atoms with van der Waals surface area (Å²) in [6.07, 6.45) is 2.56. The predicted octanol–water partition coefficient (Wildman–Crippen LogP) is 0.233. The van der Waals surface area contributed by atoms with E-state index in [0.717, 1.165) is 19.4 Å². The van der Waals surface area contributed by atoms with Gasteiger partial charge in [-0.05, 0) is 12.8 Å². The van der Waals surface area contributed by atoms with E-state index < -0.39 is 0 Å². The lowest BCUT2D eigenvalue weighted by Gasteiger charge is -2.07. The van der Waals surface area contributed by atoms with Crippen molar-refractivity contribution in [2.24, 2.45) is 0 Å². The first-order valence-corrected chi connectivity index (χ1v) is 3.76. The smallest absolute Gasteiger partial charge is 0.246 e. The van der Waals surface area contributed by atoms with Crippen LogP contribution in [0.3, 0.4) is 0 Å². The standard InChI is InChI=1S/C7H13NO3/c1-10-8-7(9)5-6-3-2-4-11-6/h6H,2-5H2,1H3,(H,8,9). The highest BCUT2D eigenvalue weighted by molar-refractivity contribution is 5.75.